The van der Waals surface area contributed by atoms with E-state index in [9.17, 15) is 4.39 Å². The fourth-order valence-corrected chi connectivity index (χ4v) is 1.99. The molecule has 0 saturated heterocycles. The smallest absolute Gasteiger partial charge is 0.131 e. The summed E-state index contributed by atoms with van der Waals surface area (Å²) in [7, 11) is 0. The predicted molar refractivity (Wildman–Crippen MR) is 50.7 cm³/mol. The Kier molecular flexibility index (Phi) is 1.46. The average molecular weight is 193 g/mol. The van der Waals surface area contributed by atoms with Crippen LogP contribution in [0.25, 0.3) is 0 Å². The van der Waals surface area contributed by atoms with E-state index in [0.29, 0.717) is 17.9 Å². The third kappa shape index (κ3) is 1.05. The summed E-state index contributed by atoms with van der Waals surface area (Å²) in [5, 5.41) is 0. The van der Waals surface area contributed by atoms with E-state index in [1.807, 2.05) is 6.07 Å². The first-order chi connectivity index (χ1) is 6.69. The van der Waals surface area contributed by atoms with E-state index in [0.717, 1.165) is 24.8 Å². The van der Waals surface area contributed by atoms with Gasteiger partial charge >= 0.3 is 0 Å². The molecule has 1 aromatic carbocycles. The summed E-state index contributed by atoms with van der Waals surface area (Å²) in [6, 6.07) is 3.36. The molecule has 1 saturated carbocycles. The summed E-state index contributed by atoms with van der Waals surface area (Å²) in [5.74, 6) is 0.473. The molecule has 74 valence electrons. The lowest BCUT2D eigenvalue weighted by Gasteiger charge is -2.11. The molecule has 1 fully saturated rings. The minimum atomic E-state index is -0.387. The van der Waals surface area contributed by atoms with Crippen molar-refractivity contribution in [2.75, 3.05) is 6.61 Å². The van der Waals surface area contributed by atoms with Gasteiger partial charge in [-0.3, -0.25) is 0 Å². The predicted octanol–water partition coefficient (Wildman–Crippen LogP) is 1.71. The van der Waals surface area contributed by atoms with Gasteiger partial charge in [-0.1, -0.05) is 0 Å². The van der Waals surface area contributed by atoms with Crippen LogP contribution in [0.5, 0.6) is 5.75 Å². The Morgan fingerprint density at radius 2 is 2.14 bits per heavy atom. The number of benzene rings is 1. The van der Waals surface area contributed by atoms with Crippen LogP contribution in [0.3, 0.4) is 0 Å². The number of ether oxygens (including phenoxy) is 1. The van der Waals surface area contributed by atoms with Crippen molar-refractivity contribution in [2.24, 2.45) is 5.73 Å². The van der Waals surface area contributed by atoms with Gasteiger partial charge in [-0.15, -0.1) is 0 Å². The second-order valence-electron chi connectivity index (χ2n) is 4.19. The van der Waals surface area contributed by atoms with Gasteiger partial charge in [0.1, 0.15) is 11.6 Å². The molecule has 2 aliphatic rings. The van der Waals surface area contributed by atoms with Gasteiger partial charge < -0.3 is 10.5 Å². The molecular formula is C11H12FNO. The fourth-order valence-electron chi connectivity index (χ4n) is 1.99. The molecule has 2 N–H and O–H groups in total. The van der Waals surface area contributed by atoms with Gasteiger partial charge in [0, 0.05) is 23.6 Å². The molecule has 3 heteroatoms. The Bertz CT molecular complexity index is 399. The van der Waals surface area contributed by atoms with Gasteiger partial charge in [0.15, 0.2) is 0 Å². The maximum absolute atomic E-state index is 13.6. The van der Waals surface area contributed by atoms with Crippen LogP contribution in [-0.2, 0) is 12.0 Å². The zero-order chi connectivity index (χ0) is 9.76. The van der Waals surface area contributed by atoms with E-state index in [-0.39, 0.29) is 11.4 Å². The lowest BCUT2D eigenvalue weighted by Crippen LogP contribution is -2.20. The maximum Gasteiger partial charge on any atom is 0.131 e. The molecule has 14 heavy (non-hydrogen) atoms. The zero-order valence-electron chi connectivity index (χ0n) is 7.85. The van der Waals surface area contributed by atoms with Crippen LogP contribution in [0.1, 0.15) is 24.0 Å². The van der Waals surface area contributed by atoms with Crippen LogP contribution in [0.15, 0.2) is 12.1 Å². The minimum absolute atomic E-state index is 0.217. The van der Waals surface area contributed by atoms with E-state index in [1.54, 1.807) is 0 Å². The van der Waals surface area contributed by atoms with Gasteiger partial charge in [-0.05, 0) is 24.5 Å². The lowest BCUT2D eigenvalue weighted by atomic mass is 10.0. The number of fused-ring (bicyclic) bond motifs is 1. The molecule has 1 aliphatic heterocycles. The molecule has 1 aliphatic carbocycles. The van der Waals surface area contributed by atoms with E-state index in [4.69, 9.17) is 10.5 Å². The Hall–Kier alpha value is -1.09. The number of hydrogen-bond donors (Lipinski definition) is 1. The molecular weight excluding hydrogens is 181 g/mol. The Balaban J connectivity index is 2.13. The van der Waals surface area contributed by atoms with Crippen LogP contribution in [-0.4, -0.2) is 6.61 Å². The van der Waals surface area contributed by atoms with Gasteiger partial charge in [-0.2, -0.15) is 0 Å². The number of hydrogen-bond acceptors (Lipinski definition) is 2. The van der Waals surface area contributed by atoms with Crippen molar-refractivity contribution in [3.8, 4) is 5.75 Å². The molecule has 0 unspecified atom stereocenters. The van der Waals surface area contributed by atoms with Crippen LogP contribution in [0.4, 0.5) is 4.39 Å². The fraction of sp³-hybridized carbons (Fsp3) is 0.455. The number of nitrogens with two attached hydrogens (primary N) is 1. The first kappa shape index (κ1) is 8.24. The van der Waals surface area contributed by atoms with Crippen LogP contribution >= 0.6 is 0 Å². The van der Waals surface area contributed by atoms with Crippen LogP contribution in [0.2, 0.25) is 0 Å². The van der Waals surface area contributed by atoms with Gasteiger partial charge in [0.25, 0.3) is 0 Å². The van der Waals surface area contributed by atoms with Crippen molar-refractivity contribution >= 4 is 0 Å². The van der Waals surface area contributed by atoms with Crippen molar-refractivity contribution in [3.63, 3.8) is 0 Å². The number of halogens is 1. The van der Waals surface area contributed by atoms with Crippen molar-refractivity contribution in [1.29, 1.82) is 0 Å². The summed E-state index contributed by atoms with van der Waals surface area (Å²) in [4.78, 5) is 0. The minimum Gasteiger partial charge on any atom is -0.493 e. The van der Waals surface area contributed by atoms with Crippen molar-refractivity contribution in [3.05, 3.63) is 29.1 Å². The second-order valence-corrected chi connectivity index (χ2v) is 4.19. The van der Waals surface area contributed by atoms with Crippen LogP contribution < -0.4 is 10.5 Å². The van der Waals surface area contributed by atoms with Gasteiger partial charge in [0.05, 0.1) is 6.61 Å². The molecule has 0 spiro atoms. The monoisotopic (exact) mass is 193 g/mol. The standard InChI is InChI=1S/C11H12FNO/c12-9-6-10-7(1-4-14-10)5-8(9)11(13)2-3-11/h5-6H,1-4,13H2. The first-order valence-corrected chi connectivity index (χ1v) is 4.94. The third-order valence-corrected chi connectivity index (χ3v) is 3.10. The van der Waals surface area contributed by atoms with Crippen molar-refractivity contribution in [1.82, 2.24) is 0 Å². The first-order valence-electron chi connectivity index (χ1n) is 4.94. The Morgan fingerprint density at radius 1 is 1.36 bits per heavy atom. The highest BCUT2D eigenvalue weighted by molar-refractivity contribution is 5.44. The molecule has 2 nitrogen and oxygen atoms in total. The molecule has 1 heterocycles. The largest absolute Gasteiger partial charge is 0.493 e. The van der Waals surface area contributed by atoms with Gasteiger partial charge in [0.2, 0.25) is 0 Å². The molecule has 0 aromatic heterocycles. The lowest BCUT2D eigenvalue weighted by molar-refractivity contribution is 0.355. The molecule has 3 rings (SSSR count). The Morgan fingerprint density at radius 3 is 2.86 bits per heavy atom. The quantitative estimate of drug-likeness (QED) is 0.736. The average Bonchev–Trinajstić information content (AvgIpc) is 2.75. The topological polar surface area (TPSA) is 35.2 Å². The SMILES string of the molecule is NC1(c2cc3c(cc2F)OCC3)CC1. The molecule has 0 radical (unpaired) electrons. The highest BCUT2D eigenvalue weighted by atomic mass is 19.1. The van der Waals surface area contributed by atoms with E-state index < -0.39 is 0 Å². The normalized spacial score (nSPS) is 21.6. The van der Waals surface area contributed by atoms with Gasteiger partial charge in [-0.25, -0.2) is 4.39 Å². The van der Waals surface area contributed by atoms with E-state index >= 15 is 0 Å². The summed E-state index contributed by atoms with van der Waals surface area (Å²) >= 11 is 0. The summed E-state index contributed by atoms with van der Waals surface area (Å²) in [6.07, 6.45) is 2.66. The molecule has 0 bridgehead atoms. The van der Waals surface area contributed by atoms with Crippen LogP contribution in [0, 0.1) is 5.82 Å². The van der Waals surface area contributed by atoms with Crippen molar-refractivity contribution < 1.29 is 9.13 Å². The highest BCUT2D eigenvalue weighted by Gasteiger charge is 2.42. The Labute approximate surface area is 81.9 Å². The summed E-state index contributed by atoms with van der Waals surface area (Å²) in [6.45, 7) is 0.662. The summed E-state index contributed by atoms with van der Waals surface area (Å²) in [5.41, 5.74) is 7.36. The van der Waals surface area contributed by atoms with E-state index in [2.05, 4.69) is 0 Å². The molecule has 0 atom stereocenters. The second kappa shape index (κ2) is 2.48. The third-order valence-electron chi connectivity index (χ3n) is 3.10. The maximum atomic E-state index is 13.6. The van der Waals surface area contributed by atoms with E-state index in [1.165, 1.54) is 6.07 Å². The number of rotatable bonds is 1. The van der Waals surface area contributed by atoms with Crippen molar-refractivity contribution in [2.45, 2.75) is 24.8 Å². The molecule has 0 amide bonds. The summed E-state index contributed by atoms with van der Waals surface area (Å²) < 4.78 is 18.9. The highest BCUT2D eigenvalue weighted by Crippen LogP contribution is 2.45. The zero-order valence-corrected chi connectivity index (χ0v) is 7.85. The molecule has 1 aromatic rings.